The molecule has 1 amide bonds. The van der Waals surface area contributed by atoms with Gasteiger partial charge in [0.15, 0.2) is 0 Å². The Morgan fingerprint density at radius 2 is 2.04 bits per heavy atom. The van der Waals surface area contributed by atoms with Crippen LogP contribution in [0.5, 0.6) is 0 Å². The van der Waals surface area contributed by atoms with E-state index in [4.69, 9.17) is 0 Å². The zero-order valence-corrected chi connectivity index (χ0v) is 15.0. The number of fused-ring (bicyclic) bond motifs is 1. The van der Waals surface area contributed by atoms with Gasteiger partial charge in [-0.3, -0.25) is 14.9 Å². The van der Waals surface area contributed by atoms with E-state index in [9.17, 15) is 14.9 Å². The number of nitro groups is 1. The van der Waals surface area contributed by atoms with Crippen molar-refractivity contribution in [3.8, 4) is 0 Å². The van der Waals surface area contributed by atoms with Gasteiger partial charge in [0.25, 0.3) is 5.69 Å². The van der Waals surface area contributed by atoms with E-state index in [2.05, 4.69) is 10.2 Å². The van der Waals surface area contributed by atoms with Crippen molar-refractivity contribution in [2.24, 2.45) is 11.3 Å². The fourth-order valence-corrected chi connectivity index (χ4v) is 4.95. The van der Waals surface area contributed by atoms with Crippen molar-refractivity contribution in [1.29, 1.82) is 0 Å². The topological polar surface area (TPSA) is 78.7 Å². The van der Waals surface area contributed by atoms with E-state index in [-0.39, 0.29) is 16.0 Å². The maximum atomic E-state index is 13.3. The molecule has 4 rings (SSSR count). The Labute approximate surface area is 153 Å². The number of carbonyl (C=O) groups excluding carboxylic acids is 1. The maximum Gasteiger partial charge on any atom is 0.271 e. The number of piperazine rings is 1. The molecule has 3 fully saturated rings. The first-order valence-corrected chi connectivity index (χ1v) is 9.60. The summed E-state index contributed by atoms with van der Waals surface area (Å²) in [6, 6.07) is 6.76. The lowest BCUT2D eigenvalue weighted by Crippen LogP contribution is -2.56. The summed E-state index contributed by atoms with van der Waals surface area (Å²) in [5.41, 5.74) is 0.788. The van der Waals surface area contributed by atoms with Crippen molar-refractivity contribution in [2.45, 2.75) is 25.7 Å². The number of rotatable bonds is 3. The Balaban J connectivity index is 1.43. The Morgan fingerprint density at radius 3 is 2.81 bits per heavy atom. The van der Waals surface area contributed by atoms with Gasteiger partial charge in [0, 0.05) is 50.5 Å². The number of benzene rings is 1. The predicted octanol–water partition coefficient (Wildman–Crippen LogP) is 2.02. The Kier molecular flexibility index (Phi) is 4.56. The molecular weight excluding hydrogens is 332 g/mol. The molecule has 0 aromatic heterocycles. The minimum Gasteiger partial charge on any atom is -0.368 e. The fraction of sp³-hybridized carbons (Fsp3) is 0.632. The molecule has 1 N–H and O–H groups in total. The summed E-state index contributed by atoms with van der Waals surface area (Å²) in [5, 5.41) is 14.4. The summed E-state index contributed by atoms with van der Waals surface area (Å²) in [5.74, 6) is 0.810. The molecule has 2 heterocycles. The van der Waals surface area contributed by atoms with Gasteiger partial charge < -0.3 is 15.1 Å². The summed E-state index contributed by atoms with van der Waals surface area (Å²) in [6.07, 6.45) is 4.56. The Morgan fingerprint density at radius 1 is 1.23 bits per heavy atom. The van der Waals surface area contributed by atoms with E-state index in [1.54, 1.807) is 12.1 Å². The van der Waals surface area contributed by atoms with Gasteiger partial charge in [-0.1, -0.05) is 18.9 Å². The number of carbonyl (C=O) groups is 1. The summed E-state index contributed by atoms with van der Waals surface area (Å²) < 4.78 is 0. The van der Waals surface area contributed by atoms with E-state index >= 15 is 0 Å². The summed E-state index contributed by atoms with van der Waals surface area (Å²) in [6.45, 7) is 4.62. The number of non-ortho nitro benzene ring substituents is 1. The van der Waals surface area contributed by atoms with Crippen LogP contribution in [0.1, 0.15) is 25.7 Å². The highest BCUT2D eigenvalue weighted by Crippen LogP contribution is 2.45. The van der Waals surface area contributed by atoms with E-state index in [0.29, 0.717) is 24.9 Å². The van der Waals surface area contributed by atoms with Crippen LogP contribution in [0.25, 0.3) is 0 Å². The van der Waals surface area contributed by atoms with Gasteiger partial charge in [-0.05, 0) is 31.4 Å². The maximum absolute atomic E-state index is 13.3. The molecule has 7 heteroatoms. The summed E-state index contributed by atoms with van der Waals surface area (Å²) in [4.78, 5) is 28.1. The van der Waals surface area contributed by atoms with Crippen LogP contribution in [-0.4, -0.2) is 55.0 Å². The van der Waals surface area contributed by atoms with Crippen LogP contribution in [0.15, 0.2) is 24.3 Å². The molecule has 2 atom stereocenters. The highest BCUT2D eigenvalue weighted by molar-refractivity contribution is 5.84. The molecule has 1 aliphatic carbocycles. The molecule has 2 saturated heterocycles. The third-order valence-corrected chi connectivity index (χ3v) is 6.44. The summed E-state index contributed by atoms with van der Waals surface area (Å²) in [7, 11) is 0. The monoisotopic (exact) mass is 358 g/mol. The van der Waals surface area contributed by atoms with Crippen LogP contribution >= 0.6 is 0 Å². The number of anilines is 1. The molecule has 0 bridgehead atoms. The molecule has 26 heavy (non-hydrogen) atoms. The number of hydrogen-bond donors (Lipinski definition) is 1. The fourth-order valence-electron chi connectivity index (χ4n) is 4.95. The van der Waals surface area contributed by atoms with Gasteiger partial charge in [-0.25, -0.2) is 0 Å². The van der Waals surface area contributed by atoms with Crippen LogP contribution in [0.2, 0.25) is 0 Å². The van der Waals surface area contributed by atoms with Crippen LogP contribution in [0, 0.1) is 21.4 Å². The lowest BCUT2D eigenvalue weighted by molar-refractivity contribution is -0.384. The second-order valence-corrected chi connectivity index (χ2v) is 7.79. The molecule has 7 nitrogen and oxygen atoms in total. The normalized spacial score (nSPS) is 28.7. The van der Waals surface area contributed by atoms with Crippen molar-refractivity contribution in [3.63, 3.8) is 0 Å². The van der Waals surface area contributed by atoms with E-state index in [1.807, 2.05) is 11.0 Å². The number of nitrogens with zero attached hydrogens (tertiary/aromatic N) is 3. The minimum absolute atomic E-state index is 0.113. The highest BCUT2D eigenvalue weighted by atomic mass is 16.6. The SMILES string of the molecule is O=C(N1CCN(c2cccc([N+](=O)[O-])c2)CC1)[C@@]12CCCC[C@H]1CNC2. The number of hydrogen-bond acceptors (Lipinski definition) is 5. The third-order valence-electron chi connectivity index (χ3n) is 6.44. The first kappa shape index (κ1) is 17.3. The smallest absolute Gasteiger partial charge is 0.271 e. The van der Waals surface area contributed by atoms with Crippen molar-refractivity contribution >= 4 is 17.3 Å². The molecule has 0 spiro atoms. The van der Waals surface area contributed by atoms with Gasteiger partial charge in [0.2, 0.25) is 5.91 Å². The third kappa shape index (κ3) is 2.94. The Hall–Kier alpha value is -2.15. The molecule has 0 radical (unpaired) electrons. The van der Waals surface area contributed by atoms with Gasteiger partial charge in [0.1, 0.15) is 0 Å². The standard InChI is InChI=1S/C19H26N4O3/c24-18(19-7-2-1-4-15(19)13-20-14-19)22-10-8-21(9-11-22)16-5-3-6-17(12-16)23(25)26/h3,5-6,12,15,20H,1-2,4,7-11,13-14H2/t15-,19+/m0/s1. The molecule has 0 unspecified atom stereocenters. The minimum atomic E-state index is -0.362. The van der Waals surface area contributed by atoms with Gasteiger partial charge in [-0.2, -0.15) is 0 Å². The Bertz CT molecular complexity index is 702. The molecule has 1 saturated carbocycles. The lowest BCUT2D eigenvalue weighted by atomic mass is 9.67. The van der Waals surface area contributed by atoms with Crippen LogP contribution in [-0.2, 0) is 4.79 Å². The number of nitro benzene ring substituents is 1. The van der Waals surface area contributed by atoms with Crippen molar-refractivity contribution < 1.29 is 9.72 Å². The number of amides is 1. The molecule has 140 valence electrons. The quantitative estimate of drug-likeness (QED) is 0.661. The van der Waals surface area contributed by atoms with Gasteiger partial charge in [-0.15, -0.1) is 0 Å². The largest absolute Gasteiger partial charge is 0.368 e. The average molecular weight is 358 g/mol. The summed E-state index contributed by atoms with van der Waals surface area (Å²) >= 11 is 0. The first-order chi connectivity index (χ1) is 12.6. The average Bonchev–Trinajstić information content (AvgIpc) is 3.13. The zero-order chi connectivity index (χ0) is 18.1. The lowest BCUT2D eigenvalue weighted by Gasteiger charge is -2.44. The van der Waals surface area contributed by atoms with E-state index < -0.39 is 0 Å². The first-order valence-electron chi connectivity index (χ1n) is 9.60. The zero-order valence-electron chi connectivity index (χ0n) is 15.0. The molecular formula is C19H26N4O3. The van der Waals surface area contributed by atoms with Crippen molar-refractivity contribution in [3.05, 3.63) is 34.4 Å². The van der Waals surface area contributed by atoms with Crippen molar-refractivity contribution in [1.82, 2.24) is 10.2 Å². The van der Waals surface area contributed by atoms with Crippen molar-refractivity contribution in [2.75, 3.05) is 44.2 Å². The van der Waals surface area contributed by atoms with E-state index in [0.717, 1.165) is 51.1 Å². The van der Waals surface area contributed by atoms with E-state index in [1.165, 1.54) is 12.5 Å². The molecule has 1 aromatic carbocycles. The molecule has 2 aliphatic heterocycles. The second-order valence-electron chi connectivity index (χ2n) is 7.79. The second kappa shape index (κ2) is 6.87. The van der Waals surface area contributed by atoms with Gasteiger partial charge >= 0.3 is 0 Å². The van der Waals surface area contributed by atoms with Gasteiger partial charge in [0.05, 0.1) is 10.3 Å². The number of nitrogens with one attached hydrogen (secondary N) is 1. The van der Waals surface area contributed by atoms with Crippen LogP contribution in [0.4, 0.5) is 11.4 Å². The predicted molar refractivity (Wildman–Crippen MR) is 99.2 cm³/mol. The molecule has 3 aliphatic rings. The molecule has 1 aromatic rings. The van der Waals surface area contributed by atoms with Crippen LogP contribution in [0.3, 0.4) is 0 Å². The van der Waals surface area contributed by atoms with Crippen LogP contribution < -0.4 is 10.2 Å². The highest BCUT2D eigenvalue weighted by Gasteiger charge is 2.51.